The van der Waals surface area contributed by atoms with Crippen LogP contribution in [0.1, 0.15) is 23.5 Å². The van der Waals surface area contributed by atoms with Crippen LogP contribution in [0.4, 0.5) is 11.4 Å². The van der Waals surface area contributed by atoms with Gasteiger partial charge in [-0.3, -0.25) is 9.97 Å². The Morgan fingerprint density at radius 1 is 0.829 bits per heavy atom. The first-order chi connectivity index (χ1) is 17.3. The number of pyridine rings is 2. The molecule has 2 saturated heterocycles. The molecule has 4 aromatic rings. The molecule has 1 aromatic carbocycles. The zero-order valence-electron chi connectivity index (χ0n) is 19.2. The lowest BCUT2D eigenvalue weighted by Crippen LogP contribution is -2.36. The van der Waals surface area contributed by atoms with E-state index in [0.29, 0.717) is 5.11 Å². The number of anilines is 2. The molecular formula is C27H26N6OS. The first-order valence-electron chi connectivity index (χ1n) is 11.8. The summed E-state index contributed by atoms with van der Waals surface area (Å²) in [6.45, 7) is 3.35. The molecule has 2 atom stereocenters. The molecule has 7 nitrogen and oxygen atoms in total. The fraction of sp³-hybridized carbons (Fsp3) is 0.222. The predicted molar refractivity (Wildman–Crippen MR) is 141 cm³/mol. The van der Waals surface area contributed by atoms with Crippen molar-refractivity contribution in [3.8, 4) is 5.69 Å². The Kier molecular flexibility index (Phi) is 5.89. The molecule has 0 bridgehead atoms. The van der Waals surface area contributed by atoms with E-state index in [1.54, 1.807) is 0 Å². The lowest BCUT2D eigenvalue weighted by molar-refractivity contribution is 0.122. The van der Waals surface area contributed by atoms with Gasteiger partial charge in [-0.25, -0.2) is 0 Å². The van der Waals surface area contributed by atoms with Crippen LogP contribution in [-0.2, 0) is 4.74 Å². The molecule has 0 saturated carbocycles. The summed E-state index contributed by atoms with van der Waals surface area (Å²) in [7, 11) is 0. The average molecular weight is 483 g/mol. The van der Waals surface area contributed by atoms with E-state index >= 15 is 0 Å². The SMILES string of the molecule is S=C1NC(c2ccccn2)C(c2cccn2-c2ccncc2)N1c1ccc(N2CCOCC2)cc1. The molecule has 0 spiro atoms. The number of thiocarbonyl (C=S) groups is 1. The van der Waals surface area contributed by atoms with Gasteiger partial charge in [-0.15, -0.1) is 0 Å². The van der Waals surface area contributed by atoms with Crippen molar-refractivity contribution in [2.75, 3.05) is 36.1 Å². The van der Waals surface area contributed by atoms with E-state index in [1.165, 1.54) is 5.69 Å². The second-order valence-corrected chi connectivity index (χ2v) is 9.01. The van der Waals surface area contributed by atoms with Gasteiger partial charge in [-0.1, -0.05) is 6.07 Å². The normalized spacial score (nSPS) is 20.2. The van der Waals surface area contributed by atoms with Gasteiger partial charge in [-0.2, -0.15) is 0 Å². The highest BCUT2D eigenvalue weighted by Gasteiger charge is 2.42. The van der Waals surface area contributed by atoms with Gasteiger partial charge in [0.2, 0.25) is 0 Å². The van der Waals surface area contributed by atoms with Crippen LogP contribution in [-0.4, -0.2) is 46.0 Å². The van der Waals surface area contributed by atoms with Crippen LogP contribution in [0.3, 0.4) is 0 Å². The largest absolute Gasteiger partial charge is 0.378 e. The van der Waals surface area contributed by atoms with E-state index in [2.05, 4.69) is 78.3 Å². The number of morpholine rings is 1. The standard InChI is InChI=1S/C27H26N6OS/c35-27-30-25(23-4-1-2-12-29-23)26(24-5-3-15-32(24)21-10-13-28-14-11-21)33(27)22-8-6-20(7-9-22)31-16-18-34-19-17-31/h1-15,25-26H,16-19H2,(H,30,35). The van der Waals surface area contributed by atoms with E-state index in [0.717, 1.165) is 49.1 Å². The maximum atomic E-state index is 5.91. The van der Waals surface area contributed by atoms with E-state index in [-0.39, 0.29) is 12.1 Å². The lowest BCUT2D eigenvalue weighted by Gasteiger charge is -2.31. The first-order valence-corrected chi connectivity index (χ1v) is 12.2. The summed E-state index contributed by atoms with van der Waals surface area (Å²) in [6.07, 6.45) is 7.55. The van der Waals surface area contributed by atoms with Gasteiger partial charge in [0.05, 0.1) is 24.9 Å². The van der Waals surface area contributed by atoms with Gasteiger partial charge in [0.25, 0.3) is 0 Å². The number of benzene rings is 1. The van der Waals surface area contributed by atoms with Crippen molar-refractivity contribution in [1.29, 1.82) is 0 Å². The molecule has 6 rings (SSSR count). The summed E-state index contributed by atoms with van der Waals surface area (Å²) < 4.78 is 7.71. The second-order valence-electron chi connectivity index (χ2n) is 8.62. The van der Waals surface area contributed by atoms with Crippen LogP contribution in [0.2, 0.25) is 0 Å². The predicted octanol–water partition coefficient (Wildman–Crippen LogP) is 4.28. The summed E-state index contributed by atoms with van der Waals surface area (Å²) >= 11 is 5.91. The molecule has 2 fully saturated rings. The van der Waals surface area contributed by atoms with Gasteiger partial charge in [-0.05, 0) is 72.9 Å². The summed E-state index contributed by atoms with van der Waals surface area (Å²) in [4.78, 5) is 13.4. The molecule has 5 heterocycles. The van der Waals surface area contributed by atoms with Gasteiger partial charge in [0.1, 0.15) is 6.04 Å². The maximum Gasteiger partial charge on any atom is 0.174 e. The molecule has 176 valence electrons. The van der Waals surface area contributed by atoms with Crippen molar-refractivity contribution in [2.45, 2.75) is 12.1 Å². The summed E-state index contributed by atoms with van der Waals surface area (Å²) in [5.41, 5.74) is 5.38. The third kappa shape index (κ3) is 4.15. The highest BCUT2D eigenvalue weighted by atomic mass is 32.1. The van der Waals surface area contributed by atoms with E-state index in [9.17, 15) is 0 Å². The topological polar surface area (TPSA) is 58.5 Å². The lowest BCUT2D eigenvalue weighted by atomic mass is 10.0. The monoisotopic (exact) mass is 482 g/mol. The quantitative estimate of drug-likeness (QED) is 0.426. The number of nitrogens with one attached hydrogen (secondary N) is 1. The van der Waals surface area contributed by atoms with Gasteiger partial charge in [0, 0.05) is 60.6 Å². The Bertz CT molecular complexity index is 1290. The van der Waals surface area contributed by atoms with Gasteiger partial charge >= 0.3 is 0 Å². The fourth-order valence-electron chi connectivity index (χ4n) is 4.95. The average Bonchev–Trinajstić information content (AvgIpc) is 3.55. The van der Waals surface area contributed by atoms with Crippen LogP contribution < -0.4 is 15.1 Å². The highest BCUT2D eigenvalue weighted by Crippen LogP contribution is 2.42. The number of nitrogens with zero attached hydrogens (tertiary/aromatic N) is 5. The number of rotatable bonds is 5. The van der Waals surface area contributed by atoms with E-state index in [1.807, 2.05) is 42.9 Å². The smallest absolute Gasteiger partial charge is 0.174 e. The van der Waals surface area contributed by atoms with Crippen LogP contribution in [0.5, 0.6) is 0 Å². The molecule has 0 amide bonds. The Morgan fingerprint density at radius 2 is 1.60 bits per heavy atom. The minimum absolute atomic E-state index is 0.0881. The van der Waals surface area contributed by atoms with E-state index < -0.39 is 0 Å². The second kappa shape index (κ2) is 9.48. The highest BCUT2D eigenvalue weighted by molar-refractivity contribution is 7.80. The third-order valence-corrected chi connectivity index (χ3v) is 6.94. The molecule has 1 N–H and O–H groups in total. The van der Waals surface area contributed by atoms with Crippen LogP contribution >= 0.6 is 12.2 Å². The zero-order chi connectivity index (χ0) is 23.6. The fourth-order valence-corrected chi connectivity index (χ4v) is 5.30. The number of aromatic nitrogens is 3. The molecular weight excluding hydrogens is 456 g/mol. The molecule has 8 heteroatoms. The van der Waals surface area contributed by atoms with Crippen LogP contribution in [0, 0.1) is 0 Å². The molecule has 3 aromatic heterocycles. The zero-order valence-corrected chi connectivity index (χ0v) is 20.0. The minimum Gasteiger partial charge on any atom is -0.378 e. The molecule has 0 aliphatic carbocycles. The summed E-state index contributed by atoms with van der Waals surface area (Å²) in [6, 6.07) is 22.8. The molecule has 2 aliphatic heterocycles. The summed E-state index contributed by atoms with van der Waals surface area (Å²) in [5, 5.41) is 4.24. The van der Waals surface area contributed by atoms with Crippen molar-refractivity contribution in [1.82, 2.24) is 19.9 Å². The minimum atomic E-state index is -0.0990. The third-order valence-electron chi connectivity index (χ3n) is 6.63. The number of hydrogen-bond acceptors (Lipinski definition) is 5. The summed E-state index contributed by atoms with van der Waals surface area (Å²) in [5.74, 6) is 0. The van der Waals surface area contributed by atoms with Crippen molar-refractivity contribution >= 4 is 28.7 Å². The van der Waals surface area contributed by atoms with Crippen LogP contribution in [0.15, 0.2) is 91.5 Å². The van der Waals surface area contributed by atoms with Crippen molar-refractivity contribution < 1.29 is 4.74 Å². The van der Waals surface area contributed by atoms with E-state index in [4.69, 9.17) is 17.0 Å². The van der Waals surface area contributed by atoms with Crippen molar-refractivity contribution in [3.05, 3.63) is 103 Å². The van der Waals surface area contributed by atoms with Crippen molar-refractivity contribution in [3.63, 3.8) is 0 Å². The van der Waals surface area contributed by atoms with Crippen molar-refractivity contribution in [2.24, 2.45) is 0 Å². The Labute approximate surface area is 210 Å². The Morgan fingerprint density at radius 3 is 2.34 bits per heavy atom. The molecule has 35 heavy (non-hydrogen) atoms. The van der Waals surface area contributed by atoms with Crippen LogP contribution in [0.25, 0.3) is 5.69 Å². The number of hydrogen-bond donors (Lipinski definition) is 1. The van der Waals surface area contributed by atoms with Gasteiger partial charge < -0.3 is 24.4 Å². The van der Waals surface area contributed by atoms with Gasteiger partial charge in [0.15, 0.2) is 5.11 Å². The maximum absolute atomic E-state index is 5.91. The Hall–Kier alpha value is -3.75. The first kappa shape index (κ1) is 21.8. The molecule has 2 aliphatic rings. The number of ether oxygens (including phenoxy) is 1. The molecule has 0 radical (unpaired) electrons. The Balaban J connectivity index is 1.41. The molecule has 2 unspecified atom stereocenters.